The summed E-state index contributed by atoms with van der Waals surface area (Å²) in [6.07, 6.45) is 1.88. The molecule has 0 aliphatic carbocycles. The molecule has 33 heavy (non-hydrogen) atoms. The number of hydrogen-bond acceptors (Lipinski definition) is 9. The van der Waals surface area contributed by atoms with Crippen molar-refractivity contribution in [3.05, 3.63) is 45.7 Å². The quantitative estimate of drug-likeness (QED) is 0.438. The molecule has 8 nitrogen and oxygen atoms in total. The van der Waals surface area contributed by atoms with Gasteiger partial charge in [0.15, 0.2) is 6.61 Å². The standard InChI is InChI=1S/C23H23N5O3S2/c1-12-18-19(24)20(33-22(18)26-13(2)25-12)23(30)31-11-17(29)28-9-5-6-14(10-28)21-27-15-7-3-4-8-16(15)32-21/h3-4,7-8,14H,5-6,9-11,24H2,1-2H3. The van der Waals surface area contributed by atoms with Crippen LogP contribution in [-0.4, -0.2) is 51.4 Å². The van der Waals surface area contributed by atoms with E-state index in [4.69, 9.17) is 15.5 Å². The molecule has 4 aromatic rings. The van der Waals surface area contributed by atoms with E-state index in [9.17, 15) is 9.59 Å². The smallest absolute Gasteiger partial charge is 0.351 e. The van der Waals surface area contributed by atoms with Crippen LogP contribution in [0.3, 0.4) is 0 Å². The van der Waals surface area contributed by atoms with E-state index < -0.39 is 5.97 Å². The van der Waals surface area contributed by atoms with Gasteiger partial charge < -0.3 is 15.4 Å². The van der Waals surface area contributed by atoms with Crippen LogP contribution in [0.15, 0.2) is 24.3 Å². The molecule has 1 aliphatic heterocycles. The number of ether oxygens (including phenoxy) is 1. The molecule has 5 rings (SSSR count). The van der Waals surface area contributed by atoms with Gasteiger partial charge in [0.1, 0.15) is 15.5 Å². The van der Waals surface area contributed by atoms with Crippen LogP contribution < -0.4 is 5.73 Å². The van der Waals surface area contributed by atoms with Crippen LogP contribution in [0, 0.1) is 13.8 Å². The molecule has 1 saturated heterocycles. The normalized spacial score (nSPS) is 16.4. The van der Waals surface area contributed by atoms with Gasteiger partial charge in [-0.05, 0) is 38.8 Å². The summed E-state index contributed by atoms with van der Waals surface area (Å²) in [5.74, 6) is -0.00995. The molecule has 1 aromatic carbocycles. The molecule has 2 N–H and O–H groups in total. The highest BCUT2D eigenvalue weighted by molar-refractivity contribution is 7.21. The molecular formula is C23H23N5O3S2. The van der Waals surface area contributed by atoms with E-state index in [2.05, 4.69) is 16.0 Å². The molecular weight excluding hydrogens is 458 g/mol. The van der Waals surface area contributed by atoms with Crippen molar-refractivity contribution in [2.45, 2.75) is 32.6 Å². The van der Waals surface area contributed by atoms with Crippen molar-refractivity contribution in [2.75, 3.05) is 25.4 Å². The SMILES string of the molecule is Cc1nc(C)c2c(N)c(C(=O)OCC(=O)N3CCCC(c4nc5ccccc5s4)C3)sc2n1. The minimum atomic E-state index is -0.611. The van der Waals surface area contributed by atoms with Gasteiger partial charge in [0, 0.05) is 19.0 Å². The Morgan fingerprint density at radius 1 is 1.18 bits per heavy atom. The number of carbonyl (C=O) groups is 2. The molecule has 3 aromatic heterocycles. The van der Waals surface area contributed by atoms with Crippen molar-refractivity contribution in [1.29, 1.82) is 0 Å². The first-order chi connectivity index (χ1) is 15.9. The first-order valence-corrected chi connectivity index (χ1v) is 12.4. The van der Waals surface area contributed by atoms with Crippen molar-refractivity contribution in [3.63, 3.8) is 0 Å². The summed E-state index contributed by atoms with van der Waals surface area (Å²) in [6.45, 7) is 4.53. The number of thiophene rings is 1. The minimum absolute atomic E-state index is 0.193. The van der Waals surface area contributed by atoms with Crippen molar-refractivity contribution < 1.29 is 14.3 Å². The number of thiazole rings is 1. The van der Waals surface area contributed by atoms with Gasteiger partial charge in [-0.3, -0.25) is 4.79 Å². The third-order valence-corrected chi connectivity index (χ3v) is 8.11. The van der Waals surface area contributed by atoms with Crippen LogP contribution in [0.5, 0.6) is 0 Å². The number of esters is 1. The number of anilines is 1. The second-order valence-corrected chi connectivity index (χ2v) is 10.2. The van der Waals surface area contributed by atoms with Gasteiger partial charge in [0.05, 0.1) is 32.0 Å². The minimum Gasteiger partial charge on any atom is -0.451 e. The van der Waals surface area contributed by atoms with Gasteiger partial charge in [0.25, 0.3) is 5.91 Å². The Hall–Kier alpha value is -3.11. The largest absolute Gasteiger partial charge is 0.451 e. The molecule has 1 aliphatic rings. The van der Waals surface area contributed by atoms with Crippen molar-refractivity contribution in [3.8, 4) is 0 Å². The molecule has 1 atom stereocenters. The predicted octanol–water partition coefficient (Wildman–Crippen LogP) is 4.06. The Morgan fingerprint density at radius 2 is 2.00 bits per heavy atom. The molecule has 4 heterocycles. The van der Waals surface area contributed by atoms with E-state index in [1.807, 2.05) is 25.1 Å². The zero-order valence-corrected chi connectivity index (χ0v) is 20.0. The van der Waals surface area contributed by atoms with Gasteiger partial charge in [-0.1, -0.05) is 12.1 Å². The maximum atomic E-state index is 12.8. The Balaban J connectivity index is 1.25. The maximum absolute atomic E-state index is 12.8. The zero-order valence-electron chi connectivity index (χ0n) is 18.3. The molecule has 1 unspecified atom stereocenters. The van der Waals surface area contributed by atoms with Gasteiger partial charge in [0.2, 0.25) is 0 Å². The Morgan fingerprint density at radius 3 is 2.82 bits per heavy atom. The predicted molar refractivity (Wildman–Crippen MR) is 130 cm³/mol. The third-order valence-electron chi connectivity index (χ3n) is 5.83. The van der Waals surface area contributed by atoms with Crippen molar-refractivity contribution in [2.24, 2.45) is 0 Å². The number of fused-ring (bicyclic) bond motifs is 2. The number of piperidine rings is 1. The summed E-state index contributed by atoms with van der Waals surface area (Å²) < 4.78 is 6.51. The second kappa shape index (κ2) is 8.68. The van der Waals surface area contributed by atoms with Crippen LogP contribution >= 0.6 is 22.7 Å². The van der Waals surface area contributed by atoms with E-state index in [1.165, 1.54) is 0 Å². The Bertz CT molecular complexity index is 1350. The van der Waals surface area contributed by atoms with Gasteiger partial charge in [-0.15, -0.1) is 22.7 Å². The number of rotatable bonds is 4. The van der Waals surface area contributed by atoms with E-state index >= 15 is 0 Å². The third kappa shape index (κ3) is 4.16. The summed E-state index contributed by atoms with van der Waals surface area (Å²) >= 11 is 2.85. The molecule has 10 heteroatoms. The van der Waals surface area contributed by atoms with Crippen LogP contribution in [-0.2, 0) is 9.53 Å². The van der Waals surface area contributed by atoms with E-state index in [-0.39, 0.29) is 23.3 Å². The lowest BCUT2D eigenvalue weighted by molar-refractivity contribution is -0.135. The average molecular weight is 482 g/mol. The van der Waals surface area contributed by atoms with Crippen LogP contribution in [0.2, 0.25) is 0 Å². The fourth-order valence-corrected chi connectivity index (χ4v) is 6.41. The topological polar surface area (TPSA) is 111 Å². The lowest BCUT2D eigenvalue weighted by Gasteiger charge is -2.31. The van der Waals surface area contributed by atoms with E-state index in [0.717, 1.165) is 45.1 Å². The number of aryl methyl sites for hydroxylation is 2. The molecule has 1 amide bonds. The molecule has 1 fully saturated rings. The fraction of sp³-hybridized carbons (Fsp3) is 0.348. The Kier molecular flexibility index (Phi) is 5.71. The molecule has 0 bridgehead atoms. The Labute approximate surface area is 198 Å². The number of hydrogen-bond donors (Lipinski definition) is 1. The number of nitrogens with two attached hydrogens (primary N) is 1. The number of benzene rings is 1. The number of likely N-dealkylation sites (tertiary alicyclic amines) is 1. The number of para-hydroxylation sites is 1. The van der Waals surface area contributed by atoms with Crippen LogP contribution in [0.25, 0.3) is 20.4 Å². The number of nitrogen functional groups attached to an aromatic ring is 1. The lowest BCUT2D eigenvalue weighted by atomic mass is 9.99. The highest BCUT2D eigenvalue weighted by Gasteiger charge is 2.28. The molecule has 170 valence electrons. The summed E-state index contributed by atoms with van der Waals surface area (Å²) in [7, 11) is 0. The maximum Gasteiger partial charge on any atom is 0.351 e. The first-order valence-electron chi connectivity index (χ1n) is 10.7. The van der Waals surface area contributed by atoms with Crippen molar-refractivity contribution >= 4 is 60.7 Å². The fourth-order valence-electron chi connectivity index (χ4n) is 4.24. The highest BCUT2D eigenvalue weighted by Crippen LogP contribution is 2.35. The van der Waals surface area contributed by atoms with Gasteiger partial charge >= 0.3 is 5.97 Å². The summed E-state index contributed by atoms with van der Waals surface area (Å²) in [5.41, 5.74) is 8.20. The van der Waals surface area contributed by atoms with Crippen molar-refractivity contribution in [1.82, 2.24) is 19.9 Å². The zero-order chi connectivity index (χ0) is 23.1. The van der Waals surface area contributed by atoms with Gasteiger partial charge in [-0.2, -0.15) is 0 Å². The summed E-state index contributed by atoms with van der Waals surface area (Å²) in [4.78, 5) is 41.6. The second-order valence-electron chi connectivity index (χ2n) is 8.16. The molecule has 0 radical (unpaired) electrons. The highest BCUT2D eigenvalue weighted by atomic mass is 32.1. The average Bonchev–Trinajstić information content (AvgIpc) is 3.38. The van der Waals surface area contributed by atoms with Crippen LogP contribution in [0.4, 0.5) is 5.69 Å². The number of nitrogens with zero attached hydrogens (tertiary/aromatic N) is 4. The number of aromatic nitrogens is 3. The van der Waals surface area contributed by atoms with E-state index in [0.29, 0.717) is 34.8 Å². The lowest BCUT2D eigenvalue weighted by Crippen LogP contribution is -2.41. The number of carbonyl (C=O) groups excluding carboxylic acids is 2. The molecule has 0 spiro atoms. The monoisotopic (exact) mass is 481 g/mol. The molecule has 0 saturated carbocycles. The summed E-state index contributed by atoms with van der Waals surface area (Å²) in [6, 6.07) is 8.06. The first kappa shape index (κ1) is 21.7. The number of amides is 1. The summed E-state index contributed by atoms with van der Waals surface area (Å²) in [5, 5.41) is 1.72. The van der Waals surface area contributed by atoms with Crippen LogP contribution in [0.1, 0.15) is 45.0 Å². The van der Waals surface area contributed by atoms with Gasteiger partial charge in [-0.25, -0.2) is 19.7 Å². The van der Waals surface area contributed by atoms with E-state index in [1.54, 1.807) is 23.2 Å².